The summed E-state index contributed by atoms with van der Waals surface area (Å²) in [5.74, 6) is 0.970. The first kappa shape index (κ1) is 14.3. The second-order valence-electron chi connectivity index (χ2n) is 5.80. The zero-order valence-electron chi connectivity index (χ0n) is 12.0. The van der Waals surface area contributed by atoms with E-state index in [0.29, 0.717) is 4.96 Å². The Morgan fingerprint density at radius 2 is 2.00 bits per heavy atom. The summed E-state index contributed by atoms with van der Waals surface area (Å²) in [6.45, 7) is 0. The normalized spacial score (nSPS) is 16.6. The van der Waals surface area contributed by atoms with Gasteiger partial charge >= 0.3 is 5.56 Å². The molecule has 0 atom stereocenters. The zero-order chi connectivity index (χ0) is 14.8. The number of nitrogens with zero attached hydrogens (tertiary/aromatic N) is 3. The monoisotopic (exact) mass is 307 g/mol. The van der Waals surface area contributed by atoms with Crippen molar-refractivity contribution < 1.29 is 0 Å². The summed E-state index contributed by atoms with van der Waals surface area (Å²) >= 11 is 1.43. The summed E-state index contributed by atoms with van der Waals surface area (Å²) in [6, 6.07) is 0. The summed E-state index contributed by atoms with van der Waals surface area (Å²) in [6.07, 6.45) is 10.2. The molecule has 114 valence electrons. The molecule has 0 spiro atoms. The molecule has 0 saturated heterocycles. The van der Waals surface area contributed by atoms with Crippen LogP contribution in [0.4, 0.5) is 11.5 Å². The molecule has 1 aliphatic rings. The van der Waals surface area contributed by atoms with E-state index < -0.39 is 0 Å². The van der Waals surface area contributed by atoms with Gasteiger partial charge in [0.05, 0.1) is 0 Å². The third-order valence-electron chi connectivity index (χ3n) is 4.24. The Bertz CT molecular complexity index is 686. The van der Waals surface area contributed by atoms with Crippen LogP contribution < -0.4 is 17.0 Å². The highest BCUT2D eigenvalue weighted by Gasteiger charge is 2.15. The van der Waals surface area contributed by atoms with Crippen LogP contribution in [0, 0.1) is 5.92 Å². The highest BCUT2D eigenvalue weighted by atomic mass is 32.1. The Hall–Kier alpha value is -1.63. The van der Waals surface area contributed by atoms with E-state index in [1.54, 1.807) is 0 Å². The first-order valence-corrected chi connectivity index (χ1v) is 8.40. The first-order chi connectivity index (χ1) is 10.1. The lowest BCUT2D eigenvalue weighted by Gasteiger charge is -2.20. The van der Waals surface area contributed by atoms with Gasteiger partial charge in [0.2, 0.25) is 4.96 Å². The molecule has 6 nitrogen and oxygen atoms in total. The van der Waals surface area contributed by atoms with Crippen LogP contribution in [0.25, 0.3) is 4.96 Å². The van der Waals surface area contributed by atoms with Gasteiger partial charge in [-0.05, 0) is 12.3 Å². The van der Waals surface area contributed by atoms with Gasteiger partial charge < -0.3 is 11.5 Å². The molecule has 1 aliphatic carbocycles. The lowest BCUT2D eigenvalue weighted by molar-refractivity contribution is 0.332. The van der Waals surface area contributed by atoms with Crippen molar-refractivity contribution in [1.29, 1.82) is 0 Å². The van der Waals surface area contributed by atoms with Crippen molar-refractivity contribution in [3.05, 3.63) is 15.4 Å². The second-order valence-corrected chi connectivity index (χ2v) is 6.84. The lowest BCUT2D eigenvalue weighted by Crippen LogP contribution is -2.21. The molecule has 0 radical (unpaired) electrons. The molecule has 21 heavy (non-hydrogen) atoms. The Kier molecular flexibility index (Phi) is 4.10. The maximum Gasteiger partial charge on any atom is 0.300 e. The molecule has 2 aromatic rings. The molecule has 0 unspecified atom stereocenters. The number of aryl methyl sites for hydroxylation is 1. The third kappa shape index (κ3) is 3.02. The number of nitrogens with two attached hydrogens (primary N) is 2. The quantitative estimate of drug-likeness (QED) is 0.902. The van der Waals surface area contributed by atoms with Crippen LogP contribution in [0.15, 0.2) is 4.79 Å². The SMILES string of the molecule is Nc1nc2sc(CCCC3CCCCC3)nn2c(=O)c1N. The summed E-state index contributed by atoms with van der Waals surface area (Å²) in [4.78, 5) is 16.6. The largest absolute Gasteiger partial charge is 0.391 e. The zero-order valence-corrected chi connectivity index (χ0v) is 12.9. The van der Waals surface area contributed by atoms with Crippen molar-refractivity contribution in [3.8, 4) is 0 Å². The fraction of sp³-hybridized carbons (Fsp3) is 0.643. The van der Waals surface area contributed by atoms with Gasteiger partial charge in [0, 0.05) is 6.42 Å². The summed E-state index contributed by atoms with van der Waals surface area (Å²) in [5, 5.41) is 5.25. The molecule has 0 amide bonds. The van der Waals surface area contributed by atoms with Crippen molar-refractivity contribution in [2.75, 3.05) is 11.5 Å². The average molecular weight is 307 g/mol. The van der Waals surface area contributed by atoms with E-state index in [1.807, 2.05) is 0 Å². The van der Waals surface area contributed by atoms with E-state index in [1.165, 1.54) is 54.4 Å². The maximum atomic E-state index is 11.9. The molecule has 1 fully saturated rings. The molecule has 1 saturated carbocycles. The van der Waals surface area contributed by atoms with Gasteiger partial charge in [-0.3, -0.25) is 4.79 Å². The highest BCUT2D eigenvalue weighted by molar-refractivity contribution is 7.16. The number of fused-ring (bicyclic) bond motifs is 1. The molecule has 0 bridgehead atoms. The minimum atomic E-state index is -0.368. The van der Waals surface area contributed by atoms with Crippen molar-refractivity contribution in [1.82, 2.24) is 14.6 Å². The Labute approximate surface area is 127 Å². The van der Waals surface area contributed by atoms with Crippen LogP contribution in [-0.4, -0.2) is 14.6 Å². The first-order valence-electron chi connectivity index (χ1n) is 7.59. The topological polar surface area (TPSA) is 99.3 Å². The summed E-state index contributed by atoms with van der Waals surface area (Å²) in [7, 11) is 0. The van der Waals surface area contributed by atoms with Crippen molar-refractivity contribution in [2.24, 2.45) is 5.92 Å². The van der Waals surface area contributed by atoms with Crippen LogP contribution in [-0.2, 0) is 6.42 Å². The van der Waals surface area contributed by atoms with E-state index in [-0.39, 0.29) is 17.1 Å². The molecule has 3 rings (SSSR count). The number of aromatic nitrogens is 3. The standard InChI is InChI=1S/C14H21N5OS/c15-11-12(16)17-14-19(13(11)20)18-10(21-14)8-4-7-9-5-2-1-3-6-9/h9H,1-8,15-16H2. The van der Waals surface area contributed by atoms with E-state index >= 15 is 0 Å². The fourth-order valence-electron chi connectivity index (χ4n) is 3.03. The average Bonchev–Trinajstić information content (AvgIpc) is 2.89. The van der Waals surface area contributed by atoms with Gasteiger partial charge in [-0.25, -0.2) is 0 Å². The van der Waals surface area contributed by atoms with E-state index in [4.69, 9.17) is 11.5 Å². The second kappa shape index (κ2) is 6.01. The van der Waals surface area contributed by atoms with Crippen LogP contribution in [0.2, 0.25) is 0 Å². The maximum absolute atomic E-state index is 11.9. The molecular formula is C14H21N5OS. The van der Waals surface area contributed by atoms with Gasteiger partial charge in [0.1, 0.15) is 10.7 Å². The van der Waals surface area contributed by atoms with Crippen molar-refractivity contribution in [2.45, 2.75) is 51.4 Å². The number of hydrogen-bond donors (Lipinski definition) is 2. The minimum absolute atomic E-state index is 0.0217. The molecule has 7 heteroatoms. The van der Waals surface area contributed by atoms with Crippen molar-refractivity contribution in [3.63, 3.8) is 0 Å². The summed E-state index contributed by atoms with van der Waals surface area (Å²) in [5.41, 5.74) is 10.8. The van der Waals surface area contributed by atoms with E-state index in [2.05, 4.69) is 10.1 Å². The lowest BCUT2D eigenvalue weighted by atomic mass is 9.86. The van der Waals surface area contributed by atoms with Crippen LogP contribution in [0.5, 0.6) is 0 Å². The molecule has 0 aliphatic heterocycles. The van der Waals surface area contributed by atoms with Gasteiger partial charge in [0.25, 0.3) is 0 Å². The molecule has 2 aromatic heterocycles. The van der Waals surface area contributed by atoms with Crippen LogP contribution in [0.1, 0.15) is 50.0 Å². The van der Waals surface area contributed by atoms with E-state index in [0.717, 1.165) is 23.8 Å². The van der Waals surface area contributed by atoms with E-state index in [9.17, 15) is 4.79 Å². The third-order valence-corrected chi connectivity index (χ3v) is 5.21. The Morgan fingerprint density at radius 1 is 1.24 bits per heavy atom. The molecule has 0 aromatic carbocycles. The number of hydrogen-bond acceptors (Lipinski definition) is 6. The Morgan fingerprint density at radius 3 is 2.76 bits per heavy atom. The minimum Gasteiger partial charge on any atom is -0.391 e. The van der Waals surface area contributed by atoms with Gasteiger partial charge in [0.15, 0.2) is 5.82 Å². The number of nitrogen functional groups attached to an aromatic ring is 2. The number of anilines is 2. The highest BCUT2D eigenvalue weighted by Crippen LogP contribution is 2.28. The molecule has 4 N–H and O–H groups in total. The smallest absolute Gasteiger partial charge is 0.300 e. The van der Waals surface area contributed by atoms with Crippen molar-refractivity contribution >= 4 is 27.8 Å². The predicted octanol–water partition coefficient (Wildman–Crippen LogP) is 2.22. The predicted molar refractivity (Wildman–Crippen MR) is 85.5 cm³/mol. The van der Waals surface area contributed by atoms with Crippen LogP contribution >= 0.6 is 11.3 Å². The van der Waals surface area contributed by atoms with Gasteiger partial charge in [-0.15, -0.1) is 0 Å². The fourth-order valence-corrected chi connectivity index (χ4v) is 3.97. The number of rotatable bonds is 4. The van der Waals surface area contributed by atoms with Crippen LogP contribution in [0.3, 0.4) is 0 Å². The molecule has 2 heterocycles. The Balaban J connectivity index is 1.67. The summed E-state index contributed by atoms with van der Waals surface area (Å²) < 4.78 is 1.27. The van der Waals surface area contributed by atoms with Gasteiger partial charge in [-0.1, -0.05) is 49.9 Å². The van der Waals surface area contributed by atoms with Gasteiger partial charge in [-0.2, -0.15) is 14.6 Å². The molecular weight excluding hydrogens is 286 g/mol.